The highest BCUT2D eigenvalue weighted by Gasteiger charge is 2.36. The maximum atomic E-state index is 12.7. The van der Waals surface area contributed by atoms with Crippen LogP contribution in [0.3, 0.4) is 0 Å². The number of nitrogens with zero attached hydrogens (tertiary/aromatic N) is 8. The molecule has 4 aliphatic heterocycles. The van der Waals surface area contributed by atoms with Gasteiger partial charge in [-0.1, -0.05) is 18.2 Å². The zero-order valence-electron chi connectivity index (χ0n) is 27.2. The van der Waals surface area contributed by atoms with Gasteiger partial charge in [-0.2, -0.15) is 5.10 Å². The molecule has 2 amide bonds. The zero-order chi connectivity index (χ0) is 33.5. The average molecular weight is 665 g/mol. The van der Waals surface area contributed by atoms with E-state index in [2.05, 4.69) is 46.3 Å². The van der Waals surface area contributed by atoms with Crippen LogP contribution >= 0.6 is 0 Å². The summed E-state index contributed by atoms with van der Waals surface area (Å²) in [4.78, 5) is 33.9. The molecular formula is C35H40N10O4. The van der Waals surface area contributed by atoms with E-state index in [0.29, 0.717) is 49.0 Å². The van der Waals surface area contributed by atoms with Crippen molar-refractivity contribution < 1.29 is 19.4 Å². The normalized spacial score (nSPS) is 20.6. The fraction of sp³-hybridized carbons (Fsp3) is 0.400. The van der Waals surface area contributed by atoms with Crippen LogP contribution in [0.2, 0.25) is 0 Å². The number of carbonyl (C=O) groups is 2. The van der Waals surface area contributed by atoms with Crippen LogP contribution in [0.5, 0.6) is 11.5 Å². The molecule has 0 bridgehead atoms. The summed E-state index contributed by atoms with van der Waals surface area (Å²) < 4.78 is 7.94. The predicted molar refractivity (Wildman–Crippen MR) is 185 cm³/mol. The van der Waals surface area contributed by atoms with E-state index in [1.165, 1.54) is 0 Å². The van der Waals surface area contributed by atoms with Gasteiger partial charge in [0.15, 0.2) is 11.6 Å². The van der Waals surface area contributed by atoms with Gasteiger partial charge in [-0.3, -0.25) is 19.8 Å². The second-order valence-corrected chi connectivity index (χ2v) is 13.0. The van der Waals surface area contributed by atoms with Crippen molar-refractivity contribution in [2.75, 3.05) is 72.9 Å². The van der Waals surface area contributed by atoms with E-state index in [1.54, 1.807) is 28.9 Å². The number of rotatable bonds is 6. The molecular weight excluding hydrogens is 624 g/mol. The summed E-state index contributed by atoms with van der Waals surface area (Å²) in [6.07, 6.45) is 6.84. The number of nitrogens with two attached hydrogens (primary N) is 1. The summed E-state index contributed by atoms with van der Waals surface area (Å²) in [5, 5.41) is 25.7. The fourth-order valence-electron chi connectivity index (χ4n) is 7.63. The fourth-order valence-corrected chi connectivity index (χ4v) is 7.63. The van der Waals surface area contributed by atoms with Crippen molar-refractivity contribution in [3.8, 4) is 28.4 Å². The molecule has 14 nitrogen and oxygen atoms in total. The van der Waals surface area contributed by atoms with Gasteiger partial charge in [0.25, 0.3) is 0 Å². The number of fused-ring (bicyclic) bond motifs is 1. The molecule has 4 aromatic rings. The molecule has 8 rings (SSSR count). The topological polar surface area (TPSA) is 158 Å². The van der Waals surface area contributed by atoms with Crippen LogP contribution in [-0.2, 0) is 9.59 Å². The maximum Gasteiger partial charge on any atom is 0.249 e. The van der Waals surface area contributed by atoms with E-state index in [9.17, 15) is 14.7 Å². The Morgan fingerprint density at radius 1 is 0.857 bits per heavy atom. The second-order valence-electron chi connectivity index (χ2n) is 13.0. The Balaban J connectivity index is 0.884. The lowest BCUT2D eigenvalue weighted by Crippen LogP contribution is -2.55. The number of carbonyl (C=O) groups excluding carboxylic acids is 2. The SMILES string of the molecule is Nc1nnc(-c2ccccc2O)cc1-n1cc(N2CCC(N3CCN(c4cccc5c4OCCN5[C@H]4CCC(=O)NC4=O)CC3)CC2)cn1. The summed E-state index contributed by atoms with van der Waals surface area (Å²) in [6.45, 7) is 6.72. The number of aromatic hydroxyl groups is 1. The summed E-state index contributed by atoms with van der Waals surface area (Å²) in [5.74, 6) is 0.802. The number of anilines is 4. The molecule has 3 saturated heterocycles. The van der Waals surface area contributed by atoms with Crippen molar-refractivity contribution in [2.45, 2.75) is 37.8 Å². The van der Waals surface area contributed by atoms with Gasteiger partial charge in [0.05, 0.1) is 41.7 Å². The summed E-state index contributed by atoms with van der Waals surface area (Å²) >= 11 is 0. The molecule has 0 radical (unpaired) electrons. The Morgan fingerprint density at radius 2 is 1.65 bits per heavy atom. The first kappa shape index (κ1) is 30.9. The van der Waals surface area contributed by atoms with Crippen LogP contribution in [0.1, 0.15) is 25.7 Å². The molecule has 254 valence electrons. The van der Waals surface area contributed by atoms with Gasteiger partial charge in [0.2, 0.25) is 11.8 Å². The van der Waals surface area contributed by atoms with Gasteiger partial charge in [-0.25, -0.2) is 4.68 Å². The summed E-state index contributed by atoms with van der Waals surface area (Å²) in [5.41, 5.74) is 10.9. The van der Waals surface area contributed by atoms with Gasteiger partial charge in [0, 0.05) is 57.3 Å². The molecule has 2 aromatic carbocycles. The van der Waals surface area contributed by atoms with Crippen LogP contribution in [-0.4, -0.2) is 106 Å². The maximum absolute atomic E-state index is 12.7. The Hall–Kier alpha value is -5.37. The molecule has 14 heteroatoms. The minimum atomic E-state index is -0.360. The number of benzene rings is 2. The number of phenols is 1. The second kappa shape index (κ2) is 12.9. The highest BCUT2D eigenvalue weighted by atomic mass is 16.5. The smallest absolute Gasteiger partial charge is 0.249 e. The van der Waals surface area contributed by atoms with E-state index in [0.717, 1.165) is 74.9 Å². The molecule has 4 N–H and O–H groups in total. The van der Waals surface area contributed by atoms with Crippen molar-refractivity contribution in [3.63, 3.8) is 0 Å². The quantitative estimate of drug-likeness (QED) is 0.259. The number of nitrogen functional groups attached to an aromatic ring is 1. The first-order valence-electron chi connectivity index (χ1n) is 17.0. The summed E-state index contributed by atoms with van der Waals surface area (Å²) in [6, 6.07) is 15.1. The van der Waals surface area contributed by atoms with E-state index >= 15 is 0 Å². The number of hydrogen-bond acceptors (Lipinski definition) is 12. The van der Waals surface area contributed by atoms with Crippen LogP contribution < -0.4 is 30.5 Å². The molecule has 0 spiro atoms. The van der Waals surface area contributed by atoms with Crippen molar-refractivity contribution in [2.24, 2.45) is 0 Å². The third-order valence-electron chi connectivity index (χ3n) is 10.2. The number of phenolic OH excluding ortho intramolecular Hbond substituents is 1. The number of amides is 2. The lowest BCUT2D eigenvalue weighted by Gasteiger charge is -2.44. The van der Waals surface area contributed by atoms with Gasteiger partial charge >= 0.3 is 0 Å². The van der Waals surface area contributed by atoms with Crippen molar-refractivity contribution in [3.05, 3.63) is 60.9 Å². The number of nitrogens with one attached hydrogen (secondary N) is 1. The first-order chi connectivity index (χ1) is 23.9. The number of piperidine rings is 2. The molecule has 0 saturated carbocycles. The highest BCUT2D eigenvalue weighted by Crippen LogP contribution is 2.42. The van der Waals surface area contributed by atoms with Crippen LogP contribution in [0.4, 0.5) is 22.9 Å². The minimum Gasteiger partial charge on any atom is -0.507 e. The largest absolute Gasteiger partial charge is 0.507 e. The van der Waals surface area contributed by atoms with Gasteiger partial charge < -0.3 is 30.3 Å². The monoisotopic (exact) mass is 664 g/mol. The number of piperazine rings is 1. The number of aromatic nitrogens is 4. The van der Waals surface area contributed by atoms with Crippen LogP contribution in [0.25, 0.3) is 16.9 Å². The third-order valence-corrected chi connectivity index (χ3v) is 10.2. The highest BCUT2D eigenvalue weighted by molar-refractivity contribution is 6.02. The number of hydrogen-bond donors (Lipinski definition) is 3. The molecule has 3 fully saturated rings. The Kier molecular flexibility index (Phi) is 8.15. The minimum absolute atomic E-state index is 0.129. The molecule has 2 aromatic heterocycles. The Morgan fingerprint density at radius 3 is 2.45 bits per heavy atom. The third kappa shape index (κ3) is 5.96. The Bertz CT molecular complexity index is 1860. The van der Waals surface area contributed by atoms with Gasteiger partial charge in [-0.05, 0) is 49.6 Å². The number of ether oxygens (including phenoxy) is 1. The lowest BCUT2D eigenvalue weighted by molar-refractivity contribution is -0.134. The summed E-state index contributed by atoms with van der Waals surface area (Å²) in [7, 11) is 0. The van der Waals surface area contributed by atoms with E-state index in [1.807, 2.05) is 30.6 Å². The van der Waals surface area contributed by atoms with Gasteiger partial charge in [-0.15, -0.1) is 10.2 Å². The molecule has 6 heterocycles. The van der Waals surface area contributed by atoms with Crippen molar-refractivity contribution in [1.82, 2.24) is 30.2 Å². The van der Waals surface area contributed by atoms with E-state index < -0.39 is 0 Å². The van der Waals surface area contributed by atoms with E-state index in [-0.39, 0.29) is 29.4 Å². The van der Waals surface area contributed by atoms with Crippen molar-refractivity contribution in [1.29, 1.82) is 0 Å². The standard InChI is InChI=1S/C35H40N10O4/c36-34-30(20-26(39-40-34)25-4-1-2-7-31(25)46)45-22-24(21-37-45)41-12-10-23(11-13-41)42-14-16-43(17-15-42)27-5-3-6-28-33(27)49-19-18-44(28)29-8-9-32(47)38-35(29)48/h1-7,20-23,29,46H,8-19H2,(H2,36,40)(H,38,47,48)/t29-/m0/s1. The molecule has 4 aliphatic rings. The molecule has 49 heavy (non-hydrogen) atoms. The van der Waals surface area contributed by atoms with E-state index in [4.69, 9.17) is 10.5 Å². The molecule has 0 aliphatic carbocycles. The lowest BCUT2D eigenvalue weighted by atomic mass is 10.0. The predicted octanol–water partition coefficient (Wildman–Crippen LogP) is 2.41. The zero-order valence-corrected chi connectivity index (χ0v) is 27.2. The number of para-hydroxylation sites is 2. The van der Waals surface area contributed by atoms with Gasteiger partial charge in [0.1, 0.15) is 24.1 Å². The Labute approximate surface area is 284 Å². The molecule has 0 unspecified atom stereocenters. The van der Waals surface area contributed by atoms with Crippen LogP contribution in [0, 0.1) is 0 Å². The number of imide groups is 1. The molecule has 1 atom stereocenters. The van der Waals surface area contributed by atoms with Crippen molar-refractivity contribution >= 4 is 34.7 Å². The van der Waals surface area contributed by atoms with Crippen LogP contribution in [0.15, 0.2) is 60.9 Å². The first-order valence-corrected chi connectivity index (χ1v) is 17.0. The average Bonchev–Trinajstić information content (AvgIpc) is 3.62.